The highest BCUT2D eigenvalue weighted by Gasteiger charge is 2.33. The summed E-state index contributed by atoms with van der Waals surface area (Å²) < 4.78 is 0. The molecule has 4 nitrogen and oxygen atoms in total. The van der Waals surface area contributed by atoms with Crippen LogP contribution in [-0.4, -0.2) is 5.91 Å². The molecule has 0 aliphatic carbocycles. The van der Waals surface area contributed by atoms with Crippen LogP contribution in [0.2, 0.25) is 0 Å². The molecule has 1 aliphatic heterocycles. The number of benzene rings is 2. The molecule has 1 atom stereocenters. The van der Waals surface area contributed by atoms with Crippen molar-refractivity contribution in [1.29, 1.82) is 5.26 Å². The van der Waals surface area contributed by atoms with Crippen LogP contribution in [0.25, 0.3) is 0 Å². The maximum Gasteiger partial charge on any atom is 0.266 e. The van der Waals surface area contributed by atoms with Gasteiger partial charge in [0.15, 0.2) is 0 Å². The van der Waals surface area contributed by atoms with Crippen LogP contribution in [0.4, 0.5) is 5.69 Å². The van der Waals surface area contributed by atoms with E-state index < -0.39 is 12.1 Å². The van der Waals surface area contributed by atoms with Crippen LogP contribution in [0.15, 0.2) is 65.2 Å². The number of hydrogen-bond donors (Lipinski definition) is 2. The van der Waals surface area contributed by atoms with Gasteiger partial charge in [0.1, 0.15) is 17.8 Å². The number of thiol groups is 1. The van der Waals surface area contributed by atoms with Crippen molar-refractivity contribution in [2.45, 2.75) is 13.1 Å². The van der Waals surface area contributed by atoms with E-state index in [1.807, 2.05) is 72.5 Å². The van der Waals surface area contributed by atoms with Crippen LogP contribution >= 0.6 is 12.6 Å². The summed E-state index contributed by atoms with van der Waals surface area (Å²) in [4.78, 5) is 14.1. The van der Waals surface area contributed by atoms with Crippen molar-refractivity contribution in [3.8, 4) is 6.07 Å². The van der Waals surface area contributed by atoms with Crippen molar-refractivity contribution >= 4 is 24.2 Å². The molecule has 0 saturated carbocycles. The van der Waals surface area contributed by atoms with Crippen LogP contribution in [-0.2, 0) is 4.79 Å². The lowest BCUT2D eigenvalue weighted by atomic mass is 10.1. The normalized spacial score (nSPS) is 17.7. The van der Waals surface area contributed by atoms with E-state index in [-0.39, 0.29) is 5.57 Å². The Labute approximate surface area is 140 Å². The van der Waals surface area contributed by atoms with Crippen LogP contribution in [0.1, 0.15) is 17.3 Å². The van der Waals surface area contributed by atoms with Crippen molar-refractivity contribution in [1.82, 2.24) is 5.32 Å². The molecule has 1 heterocycles. The number of nitrogens with zero attached hydrogens (tertiary/aromatic N) is 2. The van der Waals surface area contributed by atoms with E-state index in [0.717, 1.165) is 16.8 Å². The molecule has 0 radical (unpaired) electrons. The van der Waals surface area contributed by atoms with Gasteiger partial charge in [-0.05, 0) is 30.2 Å². The summed E-state index contributed by atoms with van der Waals surface area (Å²) in [5.74, 6) is -0.407. The third-order valence-electron chi connectivity index (χ3n) is 3.71. The standard InChI is InChI=1S/C18H15N3OS/c1-12-6-5-9-14(10-12)21-16(13-7-3-2-4-8-13)20-17(22)15(11-19)18(21)23/h2-10,16,23H,1H3,(H,20,22). The molecule has 1 amide bonds. The van der Waals surface area contributed by atoms with Gasteiger partial charge in [-0.25, -0.2) is 0 Å². The first-order chi connectivity index (χ1) is 11.1. The third kappa shape index (κ3) is 2.81. The van der Waals surface area contributed by atoms with Crippen molar-refractivity contribution in [2.75, 3.05) is 4.90 Å². The fraction of sp³-hybridized carbons (Fsp3) is 0.111. The Balaban J connectivity index is 2.17. The lowest BCUT2D eigenvalue weighted by molar-refractivity contribution is -0.118. The zero-order chi connectivity index (χ0) is 16.4. The molecule has 2 aromatic rings. The zero-order valence-electron chi connectivity index (χ0n) is 12.5. The summed E-state index contributed by atoms with van der Waals surface area (Å²) in [7, 11) is 0. The Bertz CT molecular complexity index is 824. The Morgan fingerprint density at radius 3 is 2.57 bits per heavy atom. The smallest absolute Gasteiger partial charge is 0.266 e. The molecule has 1 unspecified atom stereocenters. The molecular weight excluding hydrogens is 306 g/mol. The highest BCUT2D eigenvalue weighted by Crippen LogP contribution is 2.35. The van der Waals surface area contributed by atoms with Gasteiger partial charge in [-0.1, -0.05) is 42.5 Å². The van der Waals surface area contributed by atoms with Gasteiger partial charge >= 0.3 is 0 Å². The molecule has 0 aromatic heterocycles. The van der Waals surface area contributed by atoms with Crippen LogP contribution in [0, 0.1) is 18.3 Å². The fourth-order valence-corrected chi connectivity index (χ4v) is 3.01. The van der Waals surface area contributed by atoms with Crippen LogP contribution in [0.3, 0.4) is 0 Å². The number of carbonyl (C=O) groups excluding carboxylic acids is 1. The Kier molecular flexibility index (Phi) is 4.09. The number of rotatable bonds is 2. The number of hydrogen-bond acceptors (Lipinski definition) is 4. The van der Waals surface area contributed by atoms with Gasteiger partial charge in [-0.3, -0.25) is 4.79 Å². The SMILES string of the molecule is Cc1cccc(N2C(S)=C(C#N)C(=O)NC2c2ccccc2)c1. The van der Waals surface area contributed by atoms with E-state index >= 15 is 0 Å². The molecule has 0 bridgehead atoms. The number of nitriles is 1. The van der Waals surface area contributed by atoms with Gasteiger partial charge in [-0.2, -0.15) is 5.26 Å². The second-order valence-electron chi connectivity index (χ2n) is 5.31. The lowest BCUT2D eigenvalue weighted by Gasteiger charge is -2.38. The Morgan fingerprint density at radius 2 is 1.91 bits per heavy atom. The summed E-state index contributed by atoms with van der Waals surface area (Å²) in [5.41, 5.74) is 2.90. The number of amides is 1. The summed E-state index contributed by atoms with van der Waals surface area (Å²) in [6.07, 6.45) is -0.407. The molecule has 2 aromatic carbocycles. The second-order valence-corrected chi connectivity index (χ2v) is 5.73. The van der Waals surface area contributed by atoms with Crippen LogP contribution in [0.5, 0.6) is 0 Å². The maximum atomic E-state index is 12.2. The fourth-order valence-electron chi connectivity index (χ4n) is 2.62. The van der Waals surface area contributed by atoms with Crippen molar-refractivity contribution in [2.24, 2.45) is 0 Å². The lowest BCUT2D eigenvalue weighted by Crippen LogP contribution is -2.46. The van der Waals surface area contributed by atoms with Gasteiger partial charge in [0, 0.05) is 5.69 Å². The molecule has 5 heteroatoms. The molecule has 23 heavy (non-hydrogen) atoms. The van der Waals surface area contributed by atoms with E-state index in [9.17, 15) is 10.1 Å². The van der Waals surface area contributed by atoms with Crippen LogP contribution < -0.4 is 10.2 Å². The quantitative estimate of drug-likeness (QED) is 0.835. The monoisotopic (exact) mass is 321 g/mol. The van der Waals surface area contributed by atoms with E-state index in [4.69, 9.17) is 0 Å². The second kappa shape index (κ2) is 6.19. The van der Waals surface area contributed by atoms with E-state index in [2.05, 4.69) is 17.9 Å². The summed E-state index contributed by atoms with van der Waals surface area (Å²) >= 11 is 4.47. The number of anilines is 1. The molecule has 0 saturated heterocycles. The summed E-state index contributed by atoms with van der Waals surface area (Å²) in [6.45, 7) is 2.00. The topological polar surface area (TPSA) is 56.1 Å². The third-order valence-corrected chi connectivity index (χ3v) is 4.15. The first-order valence-electron chi connectivity index (χ1n) is 7.17. The minimum atomic E-state index is -0.407. The molecule has 0 fully saturated rings. The van der Waals surface area contributed by atoms with Gasteiger partial charge in [0.2, 0.25) is 0 Å². The Morgan fingerprint density at radius 1 is 1.17 bits per heavy atom. The number of carbonyl (C=O) groups is 1. The van der Waals surface area contributed by atoms with E-state index in [1.165, 1.54) is 0 Å². The van der Waals surface area contributed by atoms with Gasteiger partial charge in [0.05, 0.1) is 5.03 Å². The summed E-state index contributed by atoms with van der Waals surface area (Å²) in [6, 6.07) is 19.4. The van der Waals surface area contributed by atoms with Crippen molar-refractivity contribution < 1.29 is 4.79 Å². The van der Waals surface area contributed by atoms with Gasteiger partial charge in [-0.15, -0.1) is 12.6 Å². The zero-order valence-corrected chi connectivity index (χ0v) is 13.4. The largest absolute Gasteiger partial charge is 0.327 e. The molecule has 1 aliphatic rings. The first-order valence-corrected chi connectivity index (χ1v) is 7.61. The van der Waals surface area contributed by atoms with Gasteiger partial charge in [0.25, 0.3) is 5.91 Å². The average molecular weight is 321 g/mol. The molecular formula is C18H15N3OS. The molecule has 0 spiro atoms. The predicted octanol–water partition coefficient (Wildman–Crippen LogP) is 3.30. The van der Waals surface area contributed by atoms with E-state index in [0.29, 0.717) is 5.03 Å². The first kappa shape index (κ1) is 15.2. The molecule has 114 valence electrons. The summed E-state index contributed by atoms with van der Waals surface area (Å²) in [5, 5.41) is 12.5. The van der Waals surface area contributed by atoms with Crippen molar-refractivity contribution in [3.63, 3.8) is 0 Å². The number of aryl methyl sites for hydroxylation is 1. The highest BCUT2D eigenvalue weighted by atomic mass is 32.1. The molecule has 1 N–H and O–H groups in total. The number of nitrogens with one attached hydrogen (secondary N) is 1. The minimum Gasteiger partial charge on any atom is -0.327 e. The average Bonchev–Trinajstić information content (AvgIpc) is 2.55. The highest BCUT2D eigenvalue weighted by molar-refractivity contribution is 7.84. The van der Waals surface area contributed by atoms with E-state index in [1.54, 1.807) is 0 Å². The molecule has 3 rings (SSSR count). The maximum absolute atomic E-state index is 12.2. The Hall–Kier alpha value is -2.71. The van der Waals surface area contributed by atoms with Crippen molar-refractivity contribution in [3.05, 3.63) is 76.3 Å². The van der Waals surface area contributed by atoms with Gasteiger partial charge < -0.3 is 10.2 Å². The minimum absolute atomic E-state index is 0.0158. The predicted molar refractivity (Wildman–Crippen MR) is 92.6 cm³/mol.